The van der Waals surface area contributed by atoms with Crippen molar-refractivity contribution in [2.45, 2.75) is 27.7 Å². The zero-order chi connectivity index (χ0) is 13.7. The number of rotatable bonds is 0. The van der Waals surface area contributed by atoms with Crippen LogP contribution in [0, 0.1) is 27.7 Å². The second-order valence-electron chi connectivity index (χ2n) is 5.34. The van der Waals surface area contributed by atoms with E-state index < -0.39 is 0 Å². The van der Waals surface area contributed by atoms with Crippen LogP contribution in [0.25, 0.3) is 21.8 Å². The van der Waals surface area contributed by atoms with E-state index in [4.69, 9.17) is 0 Å². The normalized spacial score (nSPS) is 11.4. The fourth-order valence-electron chi connectivity index (χ4n) is 2.82. The van der Waals surface area contributed by atoms with Crippen LogP contribution in [0.15, 0.2) is 29.1 Å². The molecule has 2 heteroatoms. The molecule has 1 N–H and O–H groups in total. The van der Waals surface area contributed by atoms with Crippen molar-refractivity contribution in [2.75, 3.05) is 0 Å². The van der Waals surface area contributed by atoms with Gasteiger partial charge in [-0.2, -0.15) is 0 Å². The zero-order valence-corrected chi connectivity index (χ0v) is 11.7. The quantitative estimate of drug-likeness (QED) is 0.604. The summed E-state index contributed by atoms with van der Waals surface area (Å²) in [5.74, 6) is 0. The van der Waals surface area contributed by atoms with Gasteiger partial charge in [0, 0.05) is 10.8 Å². The molecule has 0 bridgehead atoms. The average molecular weight is 251 g/mol. The lowest BCUT2D eigenvalue weighted by molar-refractivity contribution is 1.30. The van der Waals surface area contributed by atoms with Gasteiger partial charge in [-0.05, 0) is 56.0 Å². The Labute approximate surface area is 112 Å². The molecule has 1 heterocycles. The van der Waals surface area contributed by atoms with Crippen LogP contribution in [0.1, 0.15) is 22.3 Å². The summed E-state index contributed by atoms with van der Waals surface area (Å²) in [6.07, 6.45) is 0. The molecule has 0 spiro atoms. The Bertz CT molecular complexity index is 872. The zero-order valence-electron chi connectivity index (χ0n) is 11.7. The molecule has 1 aromatic heterocycles. The number of aryl methyl sites for hydroxylation is 4. The monoisotopic (exact) mass is 251 g/mol. The van der Waals surface area contributed by atoms with Crippen LogP contribution in [0.4, 0.5) is 0 Å². The Morgan fingerprint density at radius 3 is 2.37 bits per heavy atom. The SMILES string of the molecule is Cc1cc(C)c2c(=O)c3cccc(C)c3[nH]c2c1C. The highest BCUT2D eigenvalue weighted by Gasteiger charge is 2.12. The van der Waals surface area contributed by atoms with Gasteiger partial charge in [0.15, 0.2) is 5.43 Å². The predicted molar refractivity (Wildman–Crippen MR) is 81.0 cm³/mol. The lowest BCUT2D eigenvalue weighted by Crippen LogP contribution is -2.08. The molecule has 0 unspecified atom stereocenters. The van der Waals surface area contributed by atoms with Crippen molar-refractivity contribution in [1.82, 2.24) is 4.98 Å². The summed E-state index contributed by atoms with van der Waals surface area (Å²) < 4.78 is 0. The molecule has 0 aliphatic rings. The molecule has 0 atom stereocenters. The Morgan fingerprint density at radius 1 is 0.895 bits per heavy atom. The van der Waals surface area contributed by atoms with Crippen LogP contribution in [0.2, 0.25) is 0 Å². The minimum atomic E-state index is 0.132. The third kappa shape index (κ3) is 1.60. The third-order valence-corrected chi connectivity index (χ3v) is 4.04. The van der Waals surface area contributed by atoms with E-state index in [0.29, 0.717) is 0 Å². The highest BCUT2D eigenvalue weighted by Crippen LogP contribution is 2.24. The van der Waals surface area contributed by atoms with Crippen molar-refractivity contribution >= 4 is 21.8 Å². The summed E-state index contributed by atoms with van der Waals surface area (Å²) in [7, 11) is 0. The number of H-pyrrole nitrogens is 1. The molecule has 0 aliphatic heterocycles. The maximum Gasteiger partial charge on any atom is 0.197 e. The largest absolute Gasteiger partial charge is 0.354 e. The lowest BCUT2D eigenvalue weighted by Gasteiger charge is -2.11. The van der Waals surface area contributed by atoms with E-state index in [2.05, 4.69) is 24.9 Å². The number of nitrogens with one attached hydrogen (secondary N) is 1. The van der Waals surface area contributed by atoms with Crippen molar-refractivity contribution in [1.29, 1.82) is 0 Å². The van der Waals surface area contributed by atoms with Gasteiger partial charge in [-0.1, -0.05) is 18.2 Å². The predicted octanol–water partition coefficient (Wildman–Crippen LogP) is 3.91. The maximum atomic E-state index is 12.7. The highest BCUT2D eigenvalue weighted by atomic mass is 16.1. The summed E-state index contributed by atoms with van der Waals surface area (Å²) >= 11 is 0. The maximum absolute atomic E-state index is 12.7. The second kappa shape index (κ2) is 3.95. The summed E-state index contributed by atoms with van der Waals surface area (Å²) in [5.41, 5.74) is 6.58. The Balaban J connectivity index is 2.70. The molecule has 96 valence electrons. The number of aromatic nitrogens is 1. The molecule has 0 amide bonds. The van der Waals surface area contributed by atoms with E-state index in [1.807, 2.05) is 32.0 Å². The summed E-state index contributed by atoms with van der Waals surface area (Å²) in [4.78, 5) is 16.2. The van der Waals surface area contributed by atoms with Crippen LogP contribution < -0.4 is 5.43 Å². The standard InChI is InChI=1S/C17H17NO/c1-9-6-5-7-13-15(9)18-16-12(4)10(2)8-11(3)14(16)17(13)19/h5-8H,1-4H3,(H,18,19). The smallest absolute Gasteiger partial charge is 0.197 e. The first kappa shape index (κ1) is 12.0. The molecule has 0 aliphatic carbocycles. The van der Waals surface area contributed by atoms with Crippen LogP contribution in [-0.2, 0) is 0 Å². The summed E-state index contributed by atoms with van der Waals surface area (Å²) in [6, 6.07) is 7.96. The number of aromatic amines is 1. The molecule has 0 saturated heterocycles. The molecule has 19 heavy (non-hydrogen) atoms. The highest BCUT2D eigenvalue weighted by molar-refractivity contribution is 5.96. The number of benzene rings is 2. The first-order chi connectivity index (χ1) is 9.00. The van der Waals surface area contributed by atoms with E-state index >= 15 is 0 Å². The minimum absolute atomic E-state index is 0.132. The Hall–Kier alpha value is -2.09. The molecule has 2 nitrogen and oxygen atoms in total. The molecular weight excluding hydrogens is 234 g/mol. The third-order valence-electron chi connectivity index (χ3n) is 4.04. The fourth-order valence-corrected chi connectivity index (χ4v) is 2.82. The fraction of sp³-hybridized carbons (Fsp3) is 0.235. The van der Waals surface area contributed by atoms with Crippen LogP contribution in [0.3, 0.4) is 0 Å². The number of pyridine rings is 1. The van der Waals surface area contributed by atoms with Crippen molar-refractivity contribution in [3.63, 3.8) is 0 Å². The first-order valence-electron chi connectivity index (χ1n) is 6.53. The lowest BCUT2D eigenvalue weighted by atomic mass is 9.98. The van der Waals surface area contributed by atoms with Gasteiger partial charge < -0.3 is 4.98 Å². The van der Waals surface area contributed by atoms with Crippen molar-refractivity contribution < 1.29 is 0 Å². The second-order valence-corrected chi connectivity index (χ2v) is 5.34. The van der Waals surface area contributed by atoms with Gasteiger partial charge in [0.05, 0.1) is 11.0 Å². The van der Waals surface area contributed by atoms with Crippen molar-refractivity contribution in [2.24, 2.45) is 0 Å². The molecular formula is C17H17NO. The molecule has 0 fully saturated rings. The van der Waals surface area contributed by atoms with Gasteiger partial charge in [-0.25, -0.2) is 0 Å². The van der Waals surface area contributed by atoms with Crippen LogP contribution in [-0.4, -0.2) is 4.98 Å². The van der Waals surface area contributed by atoms with Crippen molar-refractivity contribution in [3.05, 3.63) is 56.7 Å². The van der Waals surface area contributed by atoms with Gasteiger partial charge in [0.2, 0.25) is 0 Å². The topological polar surface area (TPSA) is 32.9 Å². The molecule has 3 aromatic rings. The van der Waals surface area contributed by atoms with E-state index in [1.54, 1.807) is 0 Å². The number of hydrogen-bond donors (Lipinski definition) is 1. The van der Waals surface area contributed by atoms with Gasteiger partial charge in [0.1, 0.15) is 0 Å². The van der Waals surface area contributed by atoms with E-state index in [9.17, 15) is 4.79 Å². The van der Waals surface area contributed by atoms with Gasteiger partial charge in [-0.15, -0.1) is 0 Å². The summed E-state index contributed by atoms with van der Waals surface area (Å²) in [5, 5.41) is 1.60. The van der Waals surface area contributed by atoms with E-state index in [-0.39, 0.29) is 5.43 Å². The van der Waals surface area contributed by atoms with Crippen molar-refractivity contribution in [3.8, 4) is 0 Å². The van der Waals surface area contributed by atoms with E-state index in [0.717, 1.165) is 38.5 Å². The minimum Gasteiger partial charge on any atom is -0.354 e. The number of hydrogen-bond acceptors (Lipinski definition) is 1. The molecule has 2 aromatic carbocycles. The van der Waals surface area contributed by atoms with Crippen LogP contribution >= 0.6 is 0 Å². The molecule has 3 rings (SSSR count). The molecule has 0 saturated carbocycles. The summed E-state index contributed by atoms with van der Waals surface area (Å²) in [6.45, 7) is 8.19. The van der Waals surface area contributed by atoms with Crippen LogP contribution in [0.5, 0.6) is 0 Å². The Morgan fingerprint density at radius 2 is 1.63 bits per heavy atom. The Kier molecular flexibility index (Phi) is 2.49. The van der Waals surface area contributed by atoms with E-state index in [1.165, 1.54) is 5.56 Å². The number of fused-ring (bicyclic) bond motifs is 2. The van der Waals surface area contributed by atoms with Gasteiger partial charge >= 0.3 is 0 Å². The first-order valence-corrected chi connectivity index (χ1v) is 6.53. The number of para-hydroxylation sites is 1. The average Bonchev–Trinajstić information content (AvgIpc) is 2.37. The van der Waals surface area contributed by atoms with Gasteiger partial charge in [0.25, 0.3) is 0 Å². The molecule has 0 radical (unpaired) electrons. The van der Waals surface area contributed by atoms with Gasteiger partial charge in [-0.3, -0.25) is 4.79 Å².